The van der Waals surface area contributed by atoms with Crippen molar-refractivity contribution in [1.29, 1.82) is 0 Å². The Morgan fingerprint density at radius 3 is 1.73 bits per heavy atom. The van der Waals surface area contributed by atoms with E-state index in [2.05, 4.69) is 181 Å². The highest BCUT2D eigenvalue weighted by Crippen LogP contribution is 2.68. The van der Waals surface area contributed by atoms with E-state index in [0.29, 0.717) is 0 Å². The quantitative estimate of drug-likeness (QED) is 0.157. The maximum Gasteiger partial charge on any atom is 0.140 e. The molecule has 3 heterocycles. The summed E-state index contributed by atoms with van der Waals surface area (Å²) >= 11 is 0. The summed E-state index contributed by atoms with van der Waals surface area (Å²) in [7, 11) is 0. The maximum atomic E-state index is 7.10. The predicted molar refractivity (Wildman–Crippen MR) is 238 cm³/mol. The van der Waals surface area contributed by atoms with Gasteiger partial charge in [0.25, 0.3) is 0 Å². The van der Waals surface area contributed by atoms with Crippen LogP contribution < -0.4 is 0 Å². The lowest BCUT2D eigenvalue weighted by molar-refractivity contribution is 0.614. The van der Waals surface area contributed by atoms with Gasteiger partial charge in [0.05, 0.1) is 21.9 Å². The first-order chi connectivity index (χ1) is 29.3. The molecule has 3 aromatic heterocycles. The second-order valence-corrected chi connectivity index (χ2v) is 16.3. The number of nitrogens with zero attached hydrogens (tertiary/aromatic N) is 2. The van der Waals surface area contributed by atoms with Gasteiger partial charge in [0, 0.05) is 45.1 Å². The summed E-state index contributed by atoms with van der Waals surface area (Å²) in [4.78, 5) is 9.72. The molecular formula is C56H32N2O. The SMILES string of the molecule is c1ccc2c(c1)-c1ccccc1C21c2ccccc2C2(c3ccc(-c4cnc5c(ccc6cccnc65)c4)cc3-c3ccc4c(oc5ccccc54)c32)c2ccccc21. The molecular weight excluding hydrogens is 717 g/mol. The van der Waals surface area contributed by atoms with Crippen LogP contribution in [0.4, 0.5) is 0 Å². The Kier molecular flexibility index (Phi) is 5.90. The Bertz CT molecular complexity index is 3550. The van der Waals surface area contributed by atoms with E-state index in [1.54, 1.807) is 0 Å². The Labute approximate surface area is 339 Å². The van der Waals surface area contributed by atoms with Crippen LogP contribution in [0, 0.1) is 0 Å². The molecule has 59 heavy (non-hydrogen) atoms. The lowest BCUT2D eigenvalue weighted by Crippen LogP contribution is -2.43. The van der Waals surface area contributed by atoms with Crippen LogP contribution in [-0.2, 0) is 10.8 Å². The molecule has 0 fully saturated rings. The molecule has 2 spiro atoms. The van der Waals surface area contributed by atoms with Crippen LogP contribution in [0.5, 0.6) is 0 Å². The molecule has 3 nitrogen and oxygen atoms in total. The van der Waals surface area contributed by atoms with E-state index in [9.17, 15) is 0 Å². The van der Waals surface area contributed by atoms with Gasteiger partial charge in [-0.3, -0.25) is 9.97 Å². The Morgan fingerprint density at radius 2 is 0.983 bits per heavy atom. The van der Waals surface area contributed by atoms with E-state index in [1.165, 1.54) is 66.8 Å². The number of benzene rings is 8. The summed E-state index contributed by atoms with van der Waals surface area (Å²) in [5.74, 6) is 0. The molecule has 8 aromatic carbocycles. The topological polar surface area (TPSA) is 38.9 Å². The fourth-order valence-electron chi connectivity index (χ4n) is 11.6. The first-order valence-corrected chi connectivity index (χ1v) is 20.4. The molecule has 272 valence electrons. The molecule has 0 bridgehead atoms. The number of pyridine rings is 2. The third-order valence-corrected chi connectivity index (χ3v) is 13.8. The molecule has 0 atom stereocenters. The molecule has 0 amide bonds. The van der Waals surface area contributed by atoms with E-state index in [-0.39, 0.29) is 0 Å². The largest absolute Gasteiger partial charge is 0.456 e. The Balaban J connectivity index is 1.11. The monoisotopic (exact) mass is 748 g/mol. The molecule has 0 N–H and O–H groups in total. The van der Waals surface area contributed by atoms with Gasteiger partial charge in [-0.25, -0.2) is 0 Å². The highest BCUT2D eigenvalue weighted by atomic mass is 16.3. The minimum atomic E-state index is -0.673. The van der Waals surface area contributed by atoms with E-state index in [4.69, 9.17) is 9.40 Å². The van der Waals surface area contributed by atoms with Gasteiger partial charge in [-0.15, -0.1) is 0 Å². The van der Waals surface area contributed by atoms with Crippen molar-refractivity contribution in [3.63, 3.8) is 0 Å². The second-order valence-electron chi connectivity index (χ2n) is 16.3. The van der Waals surface area contributed by atoms with Crippen molar-refractivity contribution < 1.29 is 4.42 Å². The van der Waals surface area contributed by atoms with Crippen LogP contribution in [0.1, 0.15) is 44.5 Å². The molecule has 0 saturated carbocycles. The smallest absolute Gasteiger partial charge is 0.140 e. The molecule has 3 heteroatoms. The number of furan rings is 1. The molecule has 0 aliphatic heterocycles. The van der Waals surface area contributed by atoms with Gasteiger partial charge in [-0.05, 0) is 97.1 Å². The van der Waals surface area contributed by atoms with Crippen molar-refractivity contribution in [2.24, 2.45) is 0 Å². The lowest BCUT2D eigenvalue weighted by Gasteiger charge is -2.48. The molecule has 3 aliphatic rings. The van der Waals surface area contributed by atoms with Crippen molar-refractivity contribution in [3.8, 4) is 33.4 Å². The van der Waals surface area contributed by atoms with Crippen molar-refractivity contribution in [1.82, 2.24) is 9.97 Å². The highest BCUT2D eigenvalue weighted by molar-refractivity contribution is 6.11. The van der Waals surface area contributed by atoms with Gasteiger partial charge in [0.2, 0.25) is 0 Å². The van der Waals surface area contributed by atoms with Crippen molar-refractivity contribution in [2.75, 3.05) is 0 Å². The van der Waals surface area contributed by atoms with Crippen LogP contribution in [0.3, 0.4) is 0 Å². The summed E-state index contributed by atoms with van der Waals surface area (Å²) in [6.07, 6.45) is 3.86. The summed E-state index contributed by atoms with van der Waals surface area (Å²) in [5, 5.41) is 4.44. The number of para-hydroxylation sites is 1. The summed E-state index contributed by atoms with van der Waals surface area (Å²) in [6, 6.07) is 67.5. The van der Waals surface area contributed by atoms with Gasteiger partial charge >= 0.3 is 0 Å². The van der Waals surface area contributed by atoms with E-state index < -0.39 is 10.8 Å². The van der Waals surface area contributed by atoms with E-state index in [0.717, 1.165) is 54.9 Å². The average molecular weight is 749 g/mol. The lowest BCUT2D eigenvalue weighted by atomic mass is 9.52. The normalized spacial score (nSPS) is 14.7. The summed E-state index contributed by atoms with van der Waals surface area (Å²) in [5.41, 5.74) is 20.1. The van der Waals surface area contributed by atoms with Crippen LogP contribution in [0.2, 0.25) is 0 Å². The molecule has 11 aromatic rings. The van der Waals surface area contributed by atoms with Gasteiger partial charge < -0.3 is 4.42 Å². The number of aromatic nitrogens is 2. The Morgan fingerprint density at radius 1 is 0.373 bits per heavy atom. The van der Waals surface area contributed by atoms with Crippen molar-refractivity contribution in [3.05, 3.63) is 239 Å². The third-order valence-electron chi connectivity index (χ3n) is 13.8. The maximum absolute atomic E-state index is 7.10. The zero-order valence-corrected chi connectivity index (χ0v) is 31.8. The Hall–Kier alpha value is -7.62. The number of fused-ring (bicyclic) bond motifs is 23. The zero-order valence-electron chi connectivity index (χ0n) is 31.8. The van der Waals surface area contributed by atoms with Gasteiger partial charge in [0.1, 0.15) is 11.2 Å². The summed E-state index contributed by atoms with van der Waals surface area (Å²) < 4.78 is 7.10. The van der Waals surface area contributed by atoms with Gasteiger partial charge in [0.15, 0.2) is 0 Å². The number of hydrogen-bond donors (Lipinski definition) is 0. The van der Waals surface area contributed by atoms with E-state index in [1.807, 2.05) is 18.5 Å². The molecule has 0 radical (unpaired) electrons. The second kappa shape index (κ2) is 11.1. The van der Waals surface area contributed by atoms with Crippen LogP contribution in [0.15, 0.2) is 199 Å². The first-order valence-electron chi connectivity index (χ1n) is 20.4. The number of rotatable bonds is 1. The predicted octanol–water partition coefficient (Wildman–Crippen LogP) is 13.4. The fraction of sp³-hybridized carbons (Fsp3) is 0.0357. The standard InChI is InChI=1S/C56H32N2O/c1-4-16-43-37(13-1)38-14-2-5-17-44(38)55(43)46-18-6-8-20-48(46)56(49-21-9-7-19-47(49)55)45-28-25-34(36-30-35-24-23-33-12-11-29-57-52(33)53(35)58-32-36)31-42(45)40-26-27-41-39-15-3-10-22-50(39)59-54(41)51(40)56/h1-32H. The molecule has 14 rings (SSSR count). The first kappa shape index (κ1) is 31.5. The third kappa shape index (κ3) is 3.71. The summed E-state index contributed by atoms with van der Waals surface area (Å²) in [6.45, 7) is 0. The van der Waals surface area contributed by atoms with Crippen LogP contribution in [0.25, 0.3) is 77.1 Å². The van der Waals surface area contributed by atoms with Crippen molar-refractivity contribution in [2.45, 2.75) is 10.8 Å². The molecule has 0 unspecified atom stereocenters. The van der Waals surface area contributed by atoms with Crippen LogP contribution in [-0.4, -0.2) is 9.97 Å². The molecule has 0 saturated heterocycles. The minimum absolute atomic E-state index is 0.508. The van der Waals surface area contributed by atoms with Crippen molar-refractivity contribution >= 4 is 43.7 Å². The van der Waals surface area contributed by atoms with Crippen LogP contribution >= 0.6 is 0 Å². The number of hydrogen-bond acceptors (Lipinski definition) is 3. The van der Waals surface area contributed by atoms with Gasteiger partial charge in [-0.1, -0.05) is 152 Å². The highest BCUT2D eigenvalue weighted by Gasteiger charge is 2.59. The fourth-order valence-corrected chi connectivity index (χ4v) is 11.6. The minimum Gasteiger partial charge on any atom is -0.456 e. The molecule has 3 aliphatic carbocycles. The zero-order chi connectivity index (χ0) is 38.5. The van der Waals surface area contributed by atoms with Gasteiger partial charge in [-0.2, -0.15) is 0 Å². The average Bonchev–Trinajstić information content (AvgIpc) is 3.93. The van der Waals surface area contributed by atoms with E-state index >= 15 is 0 Å².